The van der Waals surface area contributed by atoms with Crippen LogP contribution in [0.1, 0.15) is 5.56 Å². The fourth-order valence-corrected chi connectivity index (χ4v) is 3.37. The smallest absolute Gasteiger partial charge is 0.265 e. The molecule has 0 saturated heterocycles. The first kappa shape index (κ1) is 18.8. The summed E-state index contributed by atoms with van der Waals surface area (Å²) in [5.74, 6) is 0. The van der Waals surface area contributed by atoms with Crippen LogP contribution in [0.4, 0.5) is 0 Å². The van der Waals surface area contributed by atoms with Crippen LogP contribution in [0.2, 0.25) is 0 Å². The normalized spacial score (nSPS) is 12.3. The molecule has 0 spiro atoms. The van der Waals surface area contributed by atoms with Crippen LogP contribution >= 0.6 is 12.4 Å². The van der Waals surface area contributed by atoms with Crippen LogP contribution in [-0.4, -0.2) is 15.6 Å². The van der Waals surface area contributed by atoms with Gasteiger partial charge in [-0.1, -0.05) is 18.2 Å². The van der Waals surface area contributed by atoms with Crippen molar-refractivity contribution in [2.45, 2.75) is 19.0 Å². The van der Waals surface area contributed by atoms with E-state index in [4.69, 9.17) is 5.73 Å². The summed E-state index contributed by atoms with van der Waals surface area (Å²) in [6, 6.07) is 9.50. The highest BCUT2D eigenvalue weighted by Gasteiger charge is 2.17. The zero-order chi connectivity index (χ0) is 18.4. The Balaban J connectivity index is 0.00000210. The number of hydrogen-bond acceptors (Lipinski definition) is 5. The van der Waals surface area contributed by atoms with Gasteiger partial charge in [-0.05, 0) is 30.2 Å². The first-order chi connectivity index (χ1) is 12.5. The summed E-state index contributed by atoms with van der Waals surface area (Å²) in [6.45, 7) is -0.0283. The van der Waals surface area contributed by atoms with Crippen molar-refractivity contribution in [2.75, 3.05) is 0 Å². The minimum atomic E-state index is -0.937. The first-order valence-electron chi connectivity index (χ1n) is 8.15. The minimum Gasteiger partial charge on any atom is -0.361 e. The van der Waals surface area contributed by atoms with E-state index in [1.54, 1.807) is 0 Å². The van der Waals surface area contributed by atoms with E-state index in [1.165, 1.54) is 6.07 Å². The molecule has 2 aromatic rings. The predicted octanol–water partition coefficient (Wildman–Crippen LogP) is 0.00238. The molecule has 3 N–H and O–H groups in total. The van der Waals surface area contributed by atoms with Crippen LogP contribution in [0, 0.1) is 10.4 Å². The fourth-order valence-electron chi connectivity index (χ4n) is 3.37. The van der Waals surface area contributed by atoms with Gasteiger partial charge in [0.25, 0.3) is 11.1 Å². The molecule has 2 aliphatic rings. The highest BCUT2D eigenvalue weighted by molar-refractivity contribution is 5.85. The molecule has 27 heavy (non-hydrogen) atoms. The number of aromatic amines is 1. The second-order valence-corrected chi connectivity index (χ2v) is 6.36. The molecule has 1 aromatic heterocycles. The molecule has 0 bridgehead atoms. The molecule has 7 nitrogen and oxygen atoms in total. The molecule has 1 aromatic carbocycles. The van der Waals surface area contributed by atoms with Crippen LogP contribution in [0.25, 0.3) is 10.9 Å². The molecule has 0 saturated carbocycles. The summed E-state index contributed by atoms with van der Waals surface area (Å²) in [4.78, 5) is 51.4. The Morgan fingerprint density at radius 1 is 1.00 bits per heavy atom. The van der Waals surface area contributed by atoms with Gasteiger partial charge in [0.1, 0.15) is 5.22 Å². The topological polar surface area (TPSA) is 115 Å². The molecule has 138 valence electrons. The van der Waals surface area contributed by atoms with Gasteiger partial charge in [0.05, 0.1) is 5.22 Å². The van der Waals surface area contributed by atoms with Crippen molar-refractivity contribution in [1.82, 2.24) is 9.55 Å². The van der Waals surface area contributed by atoms with Crippen molar-refractivity contribution >= 4 is 23.3 Å². The van der Waals surface area contributed by atoms with Crippen LogP contribution in [0.5, 0.6) is 0 Å². The number of fused-ring (bicyclic) bond motifs is 1. The van der Waals surface area contributed by atoms with E-state index in [2.05, 4.69) is 4.98 Å². The minimum absolute atomic E-state index is 0. The molecular formula is C19H16ClN3O4. The number of H-pyrrole nitrogens is 1. The number of nitrogens with one attached hydrogen (secondary N) is 1. The average Bonchev–Trinajstić information content (AvgIpc) is 3.13. The number of hydrogen-bond donors (Lipinski definition) is 2. The summed E-state index contributed by atoms with van der Waals surface area (Å²) in [5.41, 5.74) is 5.06. The van der Waals surface area contributed by atoms with E-state index >= 15 is 0 Å². The molecule has 0 radical (unpaired) electrons. The third-order valence-corrected chi connectivity index (χ3v) is 4.63. The highest BCUT2D eigenvalue weighted by atomic mass is 35.5. The summed E-state index contributed by atoms with van der Waals surface area (Å²) < 4.78 is 0.949. The van der Waals surface area contributed by atoms with Crippen molar-refractivity contribution in [3.63, 3.8) is 0 Å². The molecule has 1 atom stereocenters. The second-order valence-electron chi connectivity index (χ2n) is 6.36. The summed E-state index contributed by atoms with van der Waals surface area (Å²) in [7, 11) is 0. The lowest BCUT2D eigenvalue weighted by Gasteiger charge is -2.11. The van der Waals surface area contributed by atoms with Gasteiger partial charge in [0.15, 0.2) is 0 Å². The van der Waals surface area contributed by atoms with Crippen LogP contribution in [0.15, 0.2) is 61.8 Å². The van der Waals surface area contributed by atoms with Gasteiger partial charge in [0.2, 0.25) is 10.9 Å². The van der Waals surface area contributed by atoms with E-state index in [0.717, 1.165) is 27.1 Å². The molecule has 1 aliphatic carbocycles. The number of benzene rings is 1. The monoisotopic (exact) mass is 385 g/mol. The number of rotatable bonds is 4. The second kappa shape index (κ2) is 6.94. The van der Waals surface area contributed by atoms with Gasteiger partial charge in [-0.2, -0.15) is 0 Å². The molecule has 0 amide bonds. The summed E-state index contributed by atoms with van der Waals surface area (Å²) in [6.07, 6.45) is 2.31. The van der Waals surface area contributed by atoms with Crippen molar-refractivity contribution in [3.8, 4) is 0 Å². The van der Waals surface area contributed by atoms with E-state index in [9.17, 15) is 19.2 Å². The predicted molar refractivity (Wildman–Crippen MR) is 104 cm³/mol. The summed E-state index contributed by atoms with van der Waals surface area (Å²) >= 11 is 0. The highest BCUT2D eigenvalue weighted by Crippen LogP contribution is 2.18. The zero-order valence-corrected chi connectivity index (χ0v) is 14.9. The van der Waals surface area contributed by atoms with Gasteiger partial charge >= 0.3 is 0 Å². The third-order valence-electron chi connectivity index (χ3n) is 4.63. The molecule has 2 heterocycles. The maximum atomic E-state index is 12.4. The van der Waals surface area contributed by atoms with Gasteiger partial charge in [-0.15, -0.1) is 12.4 Å². The van der Waals surface area contributed by atoms with E-state index in [0.29, 0.717) is 6.42 Å². The lowest BCUT2D eigenvalue weighted by Crippen LogP contribution is -2.38. The van der Waals surface area contributed by atoms with Crippen molar-refractivity contribution < 1.29 is 0 Å². The van der Waals surface area contributed by atoms with E-state index < -0.39 is 28.0 Å². The molecule has 8 heteroatoms. The lowest BCUT2D eigenvalue weighted by molar-refractivity contribution is 0.532. The maximum Gasteiger partial charge on any atom is 0.265 e. The molecule has 4 rings (SSSR count). The Hall–Kier alpha value is -3.03. The standard InChI is InChI=1S/C19H15N3O4.ClH/c20-11(7-10-8-21-14-4-2-1-3-12(10)14)9-22-18(25)13-5-6-15(23)17(24)16(13)19(22)26;/h1-6,8,11,21H,7,9,20H2;1H/t11-;/m0./s1. The fraction of sp³-hybridized carbons (Fsp3) is 0.158. The molecular weight excluding hydrogens is 370 g/mol. The molecule has 0 unspecified atom stereocenters. The van der Waals surface area contributed by atoms with Crippen molar-refractivity contribution in [2.24, 2.45) is 5.73 Å². The van der Waals surface area contributed by atoms with Crippen LogP contribution in [0.3, 0.4) is 0 Å². The Morgan fingerprint density at radius 3 is 2.52 bits per heavy atom. The van der Waals surface area contributed by atoms with Crippen molar-refractivity contribution in [1.29, 1.82) is 0 Å². The average molecular weight is 386 g/mol. The summed E-state index contributed by atoms with van der Waals surface area (Å²) in [5, 5.41) is 0.656. The number of halogens is 1. The quantitative estimate of drug-likeness (QED) is 0.480. The van der Waals surface area contributed by atoms with Gasteiger partial charge < -0.3 is 10.7 Å². The van der Waals surface area contributed by atoms with Gasteiger partial charge in [0, 0.05) is 29.7 Å². The SMILES string of the molecule is Cl.N[C@@H](Cc1c[nH]c2ccccc12)Cn1c(=O)c2ccc(=O)c(=O)c=2c1=O. The van der Waals surface area contributed by atoms with Crippen LogP contribution < -0.4 is 27.7 Å². The molecule has 0 fully saturated rings. The van der Waals surface area contributed by atoms with Crippen molar-refractivity contribution in [3.05, 3.63) is 99.8 Å². The van der Waals surface area contributed by atoms with Gasteiger partial charge in [-0.3, -0.25) is 23.7 Å². The molecule has 1 aliphatic heterocycles. The third kappa shape index (κ3) is 3.01. The lowest BCUT2D eigenvalue weighted by atomic mass is 10.1. The maximum absolute atomic E-state index is 12.4. The number of para-hydroxylation sites is 1. The Labute approximate surface area is 157 Å². The largest absolute Gasteiger partial charge is 0.361 e. The van der Waals surface area contributed by atoms with E-state index in [1.807, 2.05) is 30.5 Å². The van der Waals surface area contributed by atoms with Crippen LogP contribution in [-0.2, 0) is 13.0 Å². The van der Waals surface area contributed by atoms with Gasteiger partial charge in [-0.25, -0.2) is 0 Å². The Kier molecular flexibility index (Phi) is 4.82. The Bertz CT molecular complexity index is 1400. The zero-order valence-electron chi connectivity index (χ0n) is 14.1. The Morgan fingerprint density at radius 2 is 1.74 bits per heavy atom. The first-order valence-corrected chi connectivity index (χ1v) is 8.15. The number of nitrogens with zero attached hydrogens (tertiary/aromatic N) is 1. The number of nitrogens with two attached hydrogens (primary N) is 1. The number of aromatic nitrogens is 2. The van der Waals surface area contributed by atoms with E-state index in [-0.39, 0.29) is 29.4 Å².